The van der Waals surface area contributed by atoms with Crippen LogP contribution in [0, 0.1) is 22.0 Å². The molecule has 0 bridgehead atoms. The molecule has 0 radical (unpaired) electrons. The second-order valence-corrected chi connectivity index (χ2v) is 8.00. The van der Waals surface area contributed by atoms with Gasteiger partial charge in [0, 0.05) is 21.9 Å². The van der Waals surface area contributed by atoms with Crippen molar-refractivity contribution in [1.29, 1.82) is 0 Å². The van der Waals surface area contributed by atoms with E-state index in [1.54, 1.807) is 24.3 Å². The minimum Gasteiger partial charge on any atom is -0.274 e. The fourth-order valence-electron chi connectivity index (χ4n) is 3.85. The van der Waals surface area contributed by atoms with E-state index in [0.29, 0.717) is 5.69 Å². The minimum absolute atomic E-state index is 0.0576. The Hall–Kier alpha value is -2.67. The summed E-state index contributed by atoms with van der Waals surface area (Å²) in [6, 6.07) is 13.7. The number of nitro groups is 1. The van der Waals surface area contributed by atoms with E-state index in [1.807, 2.05) is 12.1 Å². The number of carbonyl (C=O) groups excluding carboxylic acids is 2. The normalized spacial score (nSPS) is 22.0. The highest BCUT2D eigenvalue weighted by molar-refractivity contribution is 7.99. The largest absolute Gasteiger partial charge is 0.274 e. The monoisotopic (exact) mass is 382 g/mol. The first-order valence-electron chi connectivity index (χ1n) is 8.95. The summed E-state index contributed by atoms with van der Waals surface area (Å²) in [7, 11) is 0. The van der Waals surface area contributed by atoms with Crippen LogP contribution in [0.3, 0.4) is 0 Å². The number of nitro benzene ring substituents is 1. The van der Waals surface area contributed by atoms with Crippen molar-refractivity contribution in [2.24, 2.45) is 11.8 Å². The molecule has 2 fully saturated rings. The fraction of sp³-hybridized carbons (Fsp3) is 0.300. The topological polar surface area (TPSA) is 80.5 Å². The van der Waals surface area contributed by atoms with Gasteiger partial charge in [0.1, 0.15) is 0 Å². The van der Waals surface area contributed by atoms with Gasteiger partial charge in [-0.05, 0) is 49.2 Å². The number of amides is 2. The molecule has 2 amide bonds. The lowest BCUT2D eigenvalue weighted by Gasteiger charge is -2.19. The molecule has 4 rings (SSSR count). The standard InChI is InChI=1S/C20H18N2O4S/c23-19-17-3-1-2-4-18(17)20(24)21(19)13-5-9-15(10-6-13)27-16-11-7-14(8-12-16)22(25)26/h5-12,17-18H,1-4H2/t17-,18-/m1/s1. The first kappa shape index (κ1) is 17.7. The lowest BCUT2D eigenvalue weighted by molar-refractivity contribution is -0.384. The third-order valence-corrected chi connectivity index (χ3v) is 6.24. The van der Waals surface area contributed by atoms with Crippen LogP contribution in [0.1, 0.15) is 25.7 Å². The number of hydrogen-bond donors (Lipinski definition) is 0. The summed E-state index contributed by atoms with van der Waals surface area (Å²) < 4.78 is 0. The maximum atomic E-state index is 12.7. The molecule has 0 N–H and O–H groups in total. The van der Waals surface area contributed by atoms with Crippen LogP contribution >= 0.6 is 11.8 Å². The van der Waals surface area contributed by atoms with E-state index in [0.717, 1.165) is 35.5 Å². The van der Waals surface area contributed by atoms with Crippen molar-refractivity contribution < 1.29 is 14.5 Å². The van der Waals surface area contributed by atoms with E-state index in [1.165, 1.54) is 28.8 Å². The predicted molar refractivity (Wildman–Crippen MR) is 102 cm³/mol. The number of nitrogens with zero attached hydrogens (tertiary/aromatic N) is 2. The van der Waals surface area contributed by atoms with Gasteiger partial charge in [-0.25, -0.2) is 0 Å². The Kier molecular flexibility index (Phi) is 4.70. The molecule has 2 aromatic carbocycles. The Bertz CT molecular complexity index is 871. The van der Waals surface area contributed by atoms with Crippen LogP contribution in [0.25, 0.3) is 0 Å². The number of anilines is 1. The smallest absolute Gasteiger partial charge is 0.269 e. The average Bonchev–Trinajstić information content (AvgIpc) is 2.94. The molecular formula is C20H18N2O4S. The quantitative estimate of drug-likeness (QED) is 0.444. The van der Waals surface area contributed by atoms with E-state index in [2.05, 4.69) is 0 Å². The van der Waals surface area contributed by atoms with Gasteiger partial charge in [0.15, 0.2) is 0 Å². The number of rotatable bonds is 4. The lowest BCUT2D eigenvalue weighted by Crippen LogP contribution is -2.30. The van der Waals surface area contributed by atoms with Gasteiger partial charge in [-0.1, -0.05) is 24.6 Å². The number of imide groups is 1. The molecule has 6 nitrogen and oxygen atoms in total. The third-order valence-electron chi connectivity index (χ3n) is 5.22. The van der Waals surface area contributed by atoms with E-state index in [-0.39, 0.29) is 29.3 Å². The van der Waals surface area contributed by atoms with Gasteiger partial charge < -0.3 is 0 Å². The van der Waals surface area contributed by atoms with Crippen molar-refractivity contribution in [2.45, 2.75) is 35.5 Å². The van der Waals surface area contributed by atoms with E-state index in [4.69, 9.17) is 0 Å². The van der Waals surface area contributed by atoms with Gasteiger partial charge in [0.2, 0.25) is 11.8 Å². The van der Waals surface area contributed by atoms with Crippen molar-refractivity contribution in [3.63, 3.8) is 0 Å². The number of hydrogen-bond acceptors (Lipinski definition) is 5. The zero-order chi connectivity index (χ0) is 19.0. The Labute approximate surface area is 160 Å². The Balaban J connectivity index is 1.49. The molecule has 1 aliphatic carbocycles. The van der Waals surface area contributed by atoms with E-state index in [9.17, 15) is 19.7 Å². The molecule has 2 atom stereocenters. The van der Waals surface area contributed by atoms with Gasteiger partial charge in [-0.2, -0.15) is 0 Å². The first-order valence-corrected chi connectivity index (χ1v) is 9.76. The summed E-state index contributed by atoms with van der Waals surface area (Å²) in [5.74, 6) is -0.443. The van der Waals surface area contributed by atoms with Gasteiger partial charge in [0.05, 0.1) is 22.4 Å². The molecule has 1 saturated carbocycles. The predicted octanol–water partition coefficient (Wildman–Crippen LogP) is 4.43. The molecule has 2 aromatic rings. The summed E-state index contributed by atoms with van der Waals surface area (Å²) in [5.41, 5.74) is 0.676. The molecule has 0 unspecified atom stereocenters. The van der Waals surface area contributed by atoms with Crippen molar-refractivity contribution >= 4 is 35.0 Å². The number of non-ortho nitro benzene ring substituents is 1. The summed E-state index contributed by atoms with van der Waals surface area (Å²) in [4.78, 5) is 38.8. The van der Waals surface area contributed by atoms with Crippen molar-refractivity contribution in [3.05, 3.63) is 58.6 Å². The number of fused-ring (bicyclic) bond motifs is 1. The van der Waals surface area contributed by atoms with Gasteiger partial charge in [0.25, 0.3) is 5.69 Å². The van der Waals surface area contributed by atoms with Crippen LogP contribution in [0.2, 0.25) is 0 Å². The van der Waals surface area contributed by atoms with Crippen molar-refractivity contribution in [3.8, 4) is 0 Å². The highest BCUT2D eigenvalue weighted by atomic mass is 32.2. The molecule has 1 heterocycles. The zero-order valence-corrected chi connectivity index (χ0v) is 15.4. The van der Waals surface area contributed by atoms with Gasteiger partial charge in [-0.15, -0.1) is 0 Å². The molecule has 2 aliphatic rings. The maximum Gasteiger partial charge on any atom is 0.269 e. The number of benzene rings is 2. The molecule has 138 valence electrons. The van der Waals surface area contributed by atoms with E-state index >= 15 is 0 Å². The maximum absolute atomic E-state index is 12.7. The zero-order valence-electron chi connectivity index (χ0n) is 14.5. The Morgan fingerprint density at radius 1 is 0.852 bits per heavy atom. The SMILES string of the molecule is O=C1[C@@H]2CCCC[C@H]2C(=O)N1c1ccc(Sc2ccc([N+](=O)[O-])cc2)cc1. The summed E-state index contributed by atoms with van der Waals surface area (Å²) >= 11 is 1.47. The van der Waals surface area contributed by atoms with Crippen LogP contribution in [0.15, 0.2) is 58.3 Å². The highest BCUT2D eigenvalue weighted by Gasteiger charge is 2.48. The first-order chi connectivity index (χ1) is 13.0. The second-order valence-electron chi connectivity index (χ2n) is 6.86. The Morgan fingerprint density at radius 2 is 1.33 bits per heavy atom. The molecule has 1 saturated heterocycles. The molecule has 1 aliphatic heterocycles. The van der Waals surface area contributed by atoms with Crippen molar-refractivity contribution in [1.82, 2.24) is 0 Å². The number of carbonyl (C=O) groups is 2. The van der Waals surface area contributed by atoms with Crippen LogP contribution in [0.4, 0.5) is 11.4 Å². The molecule has 0 aromatic heterocycles. The van der Waals surface area contributed by atoms with Crippen LogP contribution < -0.4 is 4.90 Å². The van der Waals surface area contributed by atoms with Gasteiger partial charge >= 0.3 is 0 Å². The third kappa shape index (κ3) is 3.35. The van der Waals surface area contributed by atoms with Crippen molar-refractivity contribution in [2.75, 3.05) is 4.90 Å². The highest BCUT2D eigenvalue weighted by Crippen LogP contribution is 2.40. The van der Waals surface area contributed by atoms with Crippen LogP contribution in [0.5, 0.6) is 0 Å². The summed E-state index contributed by atoms with van der Waals surface area (Å²) in [6.45, 7) is 0. The van der Waals surface area contributed by atoms with Gasteiger partial charge in [-0.3, -0.25) is 24.6 Å². The minimum atomic E-state index is -0.426. The second kappa shape index (κ2) is 7.15. The van der Waals surface area contributed by atoms with Crippen LogP contribution in [-0.2, 0) is 9.59 Å². The molecular weight excluding hydrogens is 364 g/mol. The summed E-state index contributed by atoms with van der Waals surface area (Å²) in [6.07, 6.45) is 3.64. The molecule has 0 spiro atoms. The average molecular weight is 382 g/mol. The van der Waals surface area contributed by atoms with Crippen LogP contribution in [-0.4, -0.2) is 16.7 Å². The fourth-order valence-corrected chi connectivity index (χ4v) is 4.67. The summed E-state index contributed by atoms with van der Waals surface area (Å²) in [5, 5.41) is 10.7. The van der Waals surface area contributed by atoms with E-state index < -0.39 is 4.92 Å². The lowest BCUT2D eigenvalue weighted by atomic mass is 9.81. The molecule has 7 heteroatoms. The Morgan fingerprint density at radius 3 is 1.81 bits per heavy atom. The molecule has 27 heavy (non-hydrogen) atoms.